The number of likely N-dealkylation sites (tertiary alicyclic amines) is 1. The van der Waals surface area contributed by atoms with Crippen LogP contribution in [0.5, 0.6) is 0 Å². The monoisotopic (exact) mass is 279 g/mol. The smallest absolute Gasteiger partial charge is 0.0851 e. The number of hydrogen-bond acceptors (Lipinski definition) is 2. The molecular formula is C19H21NO. The largest absolute Gasteiger partial charge is 0.388 e. The Balaban J connectivity index is 1.54. The zero-order valence-electron chi connectivity index (χ0n) is 12.2. The Hall–Kier alpha value is -1.64. The van der Waals surface area contributed by atoms with E-state index in [1.807, 2.05) is 0 Å². The van der Waals surface area contributed by atoms with Gasteiger partial charge in [0.25, 0.3) is 0 Å². The third-order valence-electron chi connectivity index (χ3n) is 5.09. The Morgan fingerprint density at radius 1 is 0.952 bits per heavy atom. The van der Waals surface area contributed by atoms with E-state index in [4.69, 9.17) is 0 Å². The maximum atomic E-state index is 10.8. The first-order chi connectivity index (χ1) is 10.3. The van der Waals surface area contributed by atoms with Crippen molar-refractivity contribution in [2.75, 3.05) is 6.54 Å². The zero-order valence-corrected chi connectivity index (χ0v) is 12.2. The fraction of sp³-hybridized carbons (Fsp3) is 0.368. The van der Waals surface area contributed by atoms with Gasteiger partial charge in [-0.2, -0.15) is 0 Å². The van der Waals surface area contributed by atoms with Crippen molar-refractivity contribution in [2.24, 2.45) is 5.92 Å². The highest BCUT2D eigenvalue weighted by atomic mass is 16.3. The van der Waals surface area contributed by atoms with Crippen molar-refractivity contribution in [3.8, 4) is 0 Å². The lowest BCUT2D eigenvalue weighted by Crippen LogP contribution is -2.41. The summed E-state index contributed by atoms with van der Waals surface area (Å²) in [5.74, 6) is 0.481. The molecule has 2 nitrogen and oxygen atoms in total. The van der Waals surface area contributed by atoms with E-state index in [2.05, 4.69) is 65.6 Å². The molecule has 1 aliphatic carbocycles. The molecular weight excluding hydrogens is 258 g/mol. The molecule has 1 aliphatic heterocycles. The molecule has 1 saturated carbocycles. The van der Waals surface area contributed by atoms with Gasteiger partial charge in [0.1, 0.15) is 0 Å². The van der Waals surface area contributed by atoms with Crippen LogP contribution in [0.4, 0.5) is 0 Å². The number of piperidine rings is 1. The van der Waals surface area contributed by atoms with Gasteiger partial charge in [0.15, 0.2) is 0 Å². The van der Waals surface area contributed by atoms with Crippen molar-refractivity contribution in [2.45, 2.75) is 31.0 Å². The number of benzene rings is 2. The van der Waals surface area contributed by atoms with E-state index in [1.54, 1.807) is 0 Å². The van der Waals surface area contributed by atoms with Crippen LogP contribution in [0.2, 0.25) is 0 Å². The molecule has 0 aromatic heterocycles. The van der Waals surface area contributed by atoms with E-state index in [1.165, 1.54) is 11.1 Å². The standard InChI is InChI=1S/C19H21NO/c21-19-12-17(19)14-20(13-16-9-5-2-6-10-16)18(19)11-15-7-3-1-4-8-15/h1-10,17-18,21H,11-14H2/t17?,18-,19?/m0/s1. The second-order valence-electron chi connectivity index (χ2n) is 6.51. The van der Waals surface area contributed by atoms with Gasteiger partial charge in [-0.25, -0.2) is 0 Å². The maximum absolute atomic E-state index is 10.8. The lowest BCUT2D eigenvalue weighted by molar-refractivity contribution is 0.0647. The fourth-order valence-electron chi connectivity index (χ4n) is 3.83. The summed E-state index contributed by atoms with van der Waals surface area (Å²) in [7, 11) is 0. The molecule has 108 valence electrons. The number of nitrogens with zero attached hydrogens (tertiary/aromatic N) is 1. The second-order valence-corrected chi connectivity index (χ2v) is 6.51. The molecule has 4 rings (SSSR count). The van der Waals surface area contributed by atoms with Crippen LogP contribution in [0.15, 0.2) is 60.7 Å². The number of fused-ring (bicyclic) bond motifs is 1. The van der Waals surface area contributed by atoms with Gasteiger partial charge in [0.2, 0.25) is 0 Å². The van der Waals surface area contributed by atoms with Crippen LogP contribution >= 0.6 is 0 Å². The Morgan fingerprint density at radius 3 is 2.24 bits per heavy atom. The number of aliphatic hydroxyl groups is 1. The van der Waals surface area contributed by atoms with Crippen molar-refractivity contribution in [1.29, 1.82) is 0 Å². The molecule has 1 heterocycles. The van der Waals surface area contributed by atoms with Crippen molar-refractivity contribution < 1.29 is 5.11 Å². The first-order valence-electron chi connectivity index (χ1n) is 7.80. The molecule has 2 aromatic carbocycles. The van der Waals surface area contributed by atoms with Crippen molar-refractivity contribution in [1.82, 2.24) is 4.90 Å². The van der Waals surface area contributed by atoms with E-state index in [0.717, 1.165) is 25.9 Å². The summed E-state index contributed by atoms with van der Waals surface area (Å²) in [4.78, 5) is 2.47. The molecule has 2 aromatic rings. The van der Waals surface area contributed by atoms with Gasteiger partial charge in [-0.3, -0.25) is 4.90 Å². The summed E-state index contributed by atoms with van der Waals surface area (Å²) in [5.41, 5.74) is 2.21. The topological polar surface area (TPSA) is 23.5 Å². The minimum atomic E-state index is -0.440. The van der Waals surface area contributed by atoms with E-state index in [-0.39, 0.29) is 6.04 Å². The summed E-state index contributed by atoms with van der Waals surface area (Å²) in [6.45, 7) is 1.97. The van der Waals surface area contributed by atoms with Crippen molar-refractivity contribution >= 4 is 0 Å². The number of hydrogen-bond donors (Lipinski definition) is 1. The second kappa shape index (κ2) is 4.97. The molecule has 2 fully saturated rings. The predicted molar refractivity (Wildman–Crippen MR) is 83.8 cm³/mol. The highest BCUT2D eigenvalue weighted by Crippen LogP contribution is 2.54. The normalized spacial score (nSPS) is 31.1. The first kappa shape index (κ1) is 13.1. The zero-order chi connectivity index (χ0) is 14.3. The Bertz CT molecular complexity index is 612. The number of rotatable bonds is 4. The summed E-state index contributed by atoms with van der Waals surface area (Å²) in [5, 5.41) is 10.8. The SMILES string of the molecule is OC12CC1CN(Cc1ccccc1)[C@H]2Cc1ccccc1. The maximum Gasteiger partial charge on any atom is 0.0851 e. The van der Waals surface area contributed by atoms with Gasteiger partial charge in [-0.1, -0.05) is 60.7 Å². The summed E-state index contributed by atoms with van der Waals surface area (Å²) < 4.78 is 0. The van der Waals surface area contributed by atoms with Crippen LogP contribution in [-0.2, 0) is 13.0 Å². The van der Waals surface area contributed by atoms with Gasteiger partial charge in [-0.15, -0.1) is 0 Å². The van der Waals surface area contributed by atoms with E-state index in [9.17, 15) is 5.11 Å². The fourth-order valence-corrected chi connectivity index (χ4v) is 3.83. The minimum Gasteiger partial charge on any atom is -0.388 e. The first-order valence-corrected chi connectivity index (χ1v) is 7.80. The third kappa shape index (κ3) is 2.39. The van der Waals surface area contributed by atoms with Gasteiger partial charge in [0.05, 0.1) is 5.60 Å². The lowest BCUT2D eigenvalue weighted by atomic mass is 9.99. The molecule has 0 bridgehead atoms. The highest BCUT2D eigenvalue weighted by molar-refractivity contribution is 5.25. The molecule has 2 unspecified atom stereocenters. The Kier molecular flexibility index (Phi) is 3.09. The van der Waals surface area contributed by atoms with Crippen molar-refractivity contribution in [3.63, 3.8) is 0 Å². The van der Waals surface area contributed by atoms with Gasteiger partial charge < -0.3 is 5.11 Å². The van der Waals surface area contributed by atoms with Crippen LogP contribution < -0.4 is 0 Å². The summed E-state index contributed by atoms with van der Waals surface area (Å²) in [6, 6.07) is 21.4. The summed E-state index contributed by atoms with van der Waals surface area (Å²) in [6.07, 6.45) is 1.93. The Morgan fingerprint density at radius 2 is 1.57 bits per heavy atom. The molecule has 1 N–H and O–H groups in total. The van der Waals surface area contributed by atoms with Gasteiger partial charge >= 0.3 is 0 Å². The highest BCUT2D eigenvalue weighted by Gasteiger charge is 2.64. The molecule has 0 radical (unpaired) electrons. The van der Waals surface area contributed by atoms with Crippen LogP contribution in [0.1, 0.15) is 17.5 Å². The Labute approximate surface area is 126 Å². The van der Waals surface area contributed by atoms with Crippen LogP contribution in [0.3, 0.4) is 0 Å². The average molecular weight is 279 g/mol. The van der Waals surface area contributed by atoms with E-state index in [0.29, 0.717) is 5.92 Å². The van der Waals surface area contributed by atoms with E-state index >= 15 is 0 Å². The van der Waals surface area contributed by atoms with Gasteiger partial charge in [-0.05, 0) is 24.0 Å². The van der Waals surface area contributed by atoms with Crippen LogP contribution in [0, 0.1) is 5.92 Å². The van der Waals surface area contributed by atoms with Gasteiger partial charge in [0, 0.05) is 25.0 Å². The van der Waals surface area contributed by atoms with Crippen LogP contribution in [-0.4, -0.2) is 28.2 Å². The molecule has 3 atom stereocenters. The third-order valence-corrected chi connectivity index (χ3v) is 5.09. The predicted octanol–water partition coefficient (Wildman–Crippen LogP) is 2.86. The van der Waals surface area contributed by atoms with E-state index < -0.39 is 5.60 Å². The molecule has 21 heavy (non-hydrogen) atoms. The van der Waals surface area contributed by atoms with Crippen molar-refractivity contribution in [3.05, 3.63) is 71.8 Å². The quantitative estimate of drug-likeness (QED) is 0.930. The molecule has 0 spiro atoms. The lowest BCUT2D eigenvalue weighted by Gasteiger charge is -2.30. The molecule has 2 heteroatoms. The van der Waals surface area contributed by atoms with Crippen LogP contribution in [0.25, 0.3) is 0 Å². The summed E-state index contributed by atoms with van der Waals surface area (Å²) >= 11 is 0. The minimum absolute atomic E-state index is 0.255. The molecule has 1 saturated heterocycles. The molecule has 0 amide bonds. The average Bonchev–Trinajstić information content (AvgIpc) is 3.10. The molecule has 2 aliphatic rings.